The van der Waals surface area contributed by atoms with Crippen LogP contribution in [0.5, 0.6) is 5.75 Å². The quantitative estimate of drug-likeness (QED) is 0.179. The van der Waals surface area contributed by atoms with Crippen LogP contribution >= 0.6 is 0 Å². The van der Waals surface area contributed by atoms with Gasteiger partial charge >= 0.3 is 173 Å². The molecule has 0 saturated carbocycles. The van der Waals surface area contributed by atoms with Gasteiger partial charge in [-0.25, -0.2) is 0 Å². The molecule has 1 rings (SSSR count). The molecule has 0 N–H and O–H groups in total. The van der Waals surface area contributed by atoms with Gasteiger partial charge in [0.2, 0.25) is 0 Å². The second-order valence-electron chi connectivity index (χ2n) is 7.76. The SMILES string of the molecule is CCC[CH2][Sn]([CH]=CCCOCc1ccc(OC)cc1)([CH2]CCC)[CH2]CCC. The minimum absolute atomic E-state index is 0.688. The van der Waals surface area contributed by atoms with Crippen molar-refractivity contribution in [2.45, 2.75) is 85.6 Å². The first-order valence-electron chi connectivity index (χ1n) is 11.1. The fourth-order valence-electron chi connectivity index (χ4n) is 3.61. The summed E-state index contributed by atoms with van der Waals surface area (Å²) in [5, 5.41) is 0. The number of unbranched alkanes of at least 4 members (excludes halogenated alkanes) is 3. The van der Waals surface area contributed by atoms with Crippen LogP contribution in [0, 0.1) is 0 Å². The fourth-order valence-corrected chi connectivity index (χ4v) is 18.1. The average Bonchev–Trinajstić information content (AvgIpc) is 2.71. The first-order valence-corrected chi connectivity index (χ1v) is 18.8. The molecule has 0 amide bonds. The van der Waals surface area contributed by atoms with Crippen LogP contribution in [0.3, 0.4) is 0 Å². The maximum absolute atomic E-state index is 5.88. The third kappa shape index (κ3) is 10.6. The second-order valence-corrected chi connectivity index (χ2v) is 20.8. The molecule has 27 heavy (non-hydrogen) atoms. The van der Waals surface area contributed by atoms with Gasteiger partial charge in [0.1, 0.15) is 0 Å². The second kappa shape index (κ2) is 15.4. The first-order chi connectivity index (χ1) is 13.2. The zero-order valence-electron chi connectivity index (χ0n) is 18.3. The Labute approximate surface area is 172 Å². The first kappa shape index (κ1) is 24.6. The van der Waals surface area contributed by atoms with E-state index in [0.29, 0.717) is 6.61 Å². The molecule has 0 unspecified atom stereocenters. The van der Waals surface area contributed by atoms with Gasteiger partial charge in [-0.1, -0.05) is 0 Å². The average molecular weight is 481 g/mol. The number of hydrogen-bond donors (Lipinski definition) is 0. The van der Waals surface area contributed by atoms with E-state index in [-0.39, 0.29) is 0 Å². The van der Waals surface area contributed by atoms with Crippen molar-refractivity contribution in [3.8, 4) is 5.75 Å². The summed E-state index contributed by atoms with van der Waals surface area (Å²) in [6.45, 7) is 8.53. The van der Waals surface area contributed by atoms with Crippen molar-refractivity contribution in [2.24, 2.45) is 0 Å². The predicted molar refractivity (Wildman–Crippen MR) is 121 cm³/mol. The molecule has 0 bridgehead atoms. The van der Waals surface area contributed by atoms with E-state index < -0.39 is 18.4 Å². The van der Waals surface area contributed by atoms with Crippen LogP contribution in [0.2, 0.25) is 13.3 Å². The van der Waals surface area contributed by atoms with E-state index in [1.807, 2.05) is 12.1 Å². The molecule has 0 heterocycles. The summed E-state index contributed by atoms with van der Waals surface area (Å²) in [6, 6.07) is 8.15. The topological polar surface area (TPSA) is 18.5 Å². The Morgan fingerprint density at radius 3 is 1.89 bits per heavy atom. The van der Waals surface area contributed by atoms with Crippen molar-refractivity contribution in [1.82, 2.24) is 0 Å². The molecule has 0 atom stereocenters. The molecule has 154 valence electrons. The van der Waals surface area contributed by atoms with Crippen LogP contribution < -0.4 is 4.74 Å². The van der Waals surface area contributed by atoms with E-state index in [4.69, 9.17) is 9.47 Å². The van der Waals surface area contributed by atoms with Crippen molar-refractivity contribution in [2.75, 3.05) is 13.7 Å². The Kier molecular flexibility index (Phi) is 14.0. The summed E-state index contributed by atoms with van der Waals surface area (Å²) >= 11 is -2.09. The van der Waals surface area contributed by atoms with Crippen LogP contribution in [0.25, 0.3) is 0 Å². The van der Waals surface area contributed by atoms with Gasteiger partial charge in [0.15, 0.2) is 0 Å². The standard InChI is InChI=1S/C12H15O2.3C4H9.Sn/c1-3-4-9-14-10-11-5-7-12(13-2)8-6-11;3*1-3-4-2;/h1,3,5-8H,4,9-10H2,2H3;3*1,3-4H2,2H3;. The van der Waals surface area contributed by atoms with Gasteiger partial charge in [0.05, 0.1) is 0 Å². The molecular weight excluding hydrogens is 439 g/mol. The molecule has 0 saturated heterocycles. The van der Waals surface area contributed by atoms with Gasteiger partial charge in [0, 0.05) is 0 Å². The molecule has 1 aromatic carbocycles. The Balaban J connectivity index is 2.48. The number of methoxy groups -OCH3 is 1. The van der Waals surface area contributed by atoms with Crippen LogP contribution in [-0.2, 0) is 11.3 Å². The van der Waals surface area contributed by atoms with Gasteiger partial charge in [-0.2, -0.15) is 0 Å². The molecule has 2 nitrogen and oxygen atoms in total. The van der Waals surface area contributed by atoms with E-state index in [2.05, 4.69) is 43.1 Å². The Bertz CT molecular complexity index is 474. The fraction of sp³-hybridized carbons (Fsp3) is 0.667. The number of rotatable bonds is 16. The van der Waals surface area contributed by atoms with E-state index in [1.165, 1.54) is 44.1 Å². The Morgan fingerprint density at radius 1 is 0.852 bits per heavy atom. The molecule has 0 fully saturated rings. The van der Waals surface area contributed by atoms with Crippen LogP contribution in [0.1, 0.15) is 71.3 Å². The summed E-state index contributed by atoms with van der Waals surface area (Å²) in [5.74, 6) is 0.900. The predicted octanol–water partition coefficient (Wildman–Crippen LogP) is 7.55. The summed E-state index contributed by atoms with van der Waals surface area (Å²) in [6.07, 6.45) is 11.9. The molecule has 0 aliphatic rings. The summed E-state index contributed by atoms with van der Waals surface area (Å²) < 4.78 is 18.5. The molecule has 0 aromatic heterocycles. The molecule has 3 heteroatoms. The van der Waals surface area contributed by atoms with E-state index in [0.717, 1.165) is 18.8 Å². The Hall–Kier alpha value is -0.481. The summed E-state index contributed by atoms with van der Waals surface area (Å²) in [7, 11) is 1.70. The number of ether oxygens (including phenoxy) is 2. The van der Waals surface area contributed by atoms with E-state index in [1.54, 1.807) is 20.4 Å². The zero-order chi connectivity index (χ0) is 19.8. The summed E-state index contributed by atoms with van der Waals surface area (Å²) in [4.78, 5) is 0. The van der Waals surface area contributed by atoms with Gasteiger partial charge in [-0.05, 0) is 0 Å². The molecule has 0 aliphatic heterocycles. The maximum atomic E-state index is 5.88. The van der Waals surface area contributed by atoms with Crippen molar-refractivity contribution in [3.05, 3.63) is 40.0 Å². The normalized spacial score (nSPS) is 12.0. The van der Waals surface area contributed by atoms with Crippen LogP contribution in [0.4, 0.5) is 0 Å². The van der Waals surface area contributed by atoms with Gasteiger partial charge in [-0.3, -0.25) is 0 Å². The third-order valence-corrected chi connectivity index (χ3v) is 19.7. The van der Waals surface area contributed by atoms with E-state index in [9.17, 15) is 0 Å². The molecule has 0 radical (unpaired) electrons. The van der Waals surface area contributed by atoms with Gasteiger partial charge < -0.3 is 0 Å². The van der Waals surface area contributed by atoms with Crippen molar-refractivity contribution >= 4 is 18.4 Å². The molecule has 1 aromatic rings. The summed E-state index contributed by atoms with van der Waals surface area (Å²) in [5.41, 5.74) is 1.21. The third-order valence-electron chi connectivity index (χ3n) is 5.41. The molecule has 0 spiro atoms. The number of benzene rings is 1. The monoisotopic (exact) mass is 482 g/mol. The van der Waals surface area contributed by atoms with Crippen molar-refractivity contribution in [3.63, 3.8) is 0 Å². The number of hydrogen-bond acceptors (Lipinski definition) is 2. The van der Waals surface area contributed by atoms with Crippen LogP contribution in [0.15, 0.2) is 34.4 Å². The van der Waals surface area contributed by atoms with E-state index >= 15 is 0 Å². The van der Waals surface area contributed by atoms with Gasteiger partial charge in [-0.15, -0.1) is 0 Å². The van der Waals surface area contributed by atoms with Crippen LogP contribution in [-0.4, -0.2) is 32.1 Å². The molecule has 0 aliphatic carbocycles. The zero-order valence-corrected chi connectivity index (χ0v) is 21.1. The Morgan fingerprint density at radius 2 is 1.41 bits per heavy atom. The molecular formula is C24H42O2Sn. The van der Waals surface area contributed by atoms with Gasteiger partial charge in [0.25, 0.3) is 0 Å². The van der Waals surface area contributed by atoms with Crippen molar-refractivity contribution in [1.29, 1.82) is 0 Å². The van der Waals surface area contributed by atoms with Crippen molar-refractivity contribution < 1.29 is 9.47 Å². The minimum atomic E-state index is -2.09.